The third kappa shape index (κ3) is 2.82. The first kappa shape index (κ1) is 12.3. The van der Waals surface area contributed by atoms with Crippen LogP contribution in [0, 0.1) is 0 Å². The molecule has 0 N–H and O–H groups in total. The van der Waals surface area contributed by atoms with Crippen LogP contribution in [0.5, 0.6) is 0 Å². The SMILES string of the molecule is O=C(c1ccc(Cl)cc1)N(Cc1ccco1)C1CC1. The molecule has 1 aliphatic carbocycles. The van der Waals surface area contributed by atoms with Crippen LogP contribution in [-0.4, -0.2) is 16.8 Å². The van der Waals surface area contributed by atoms with Gasteiger partial charge in [-0.3, -0.25) is 4.79 Å². The summed E-state index contributed by atoms with van der Waals surface area (Å²) in [5, 5.41) is 0.639. The van der Waals surface area contributed by atoms with Gasteiger partial charge < -0.3 is 9.32 Å². The molecule has 0 unspecified atom stereocenters. The summed E-state index contributed by atoms with van der Waals surface area (Å²) in [6.07, 6.45) is 3.77. The standard InChI is InChI=1S/C15H14ClNO2/c16-12-5-3-11(4-6-12)15(18)17(13-7-8-13)10-14-2-1-9-19-14/h1-6,9,13H,7-8,10H2. The maximum atomic E-state index is 12.5. The molecule has 1 aliphatic rings. The Morgan fingerprint density at radius 2 is 2.00 bits per heavy atom. The molecule has 2 aromatic rings. The summed E-state index contributed by atoms with van der Waals surface area (Å²) in [7, 11) is 0. The Balaban J connectivity index is 1.79. The third-order valence-corrected chi connectivity index (χ3v) is 3.50. The Labute approximate surface area is 116 Å². The van der Waals surface area contributed by atoms with E-state index in [1.54, 1.807) is 30.5 Å². The van der Waals surface area contributed by atoms with Crippen molar-refractivity contribution in [3.63, 3.8) is 0 Å². The number of hydrogen-bond donors (Lipinski definition) is 0. The summed E-state index contributed by atoms with van der Waals surface area (Å²) in [4.78, 5) is 14.4. The predicted octanol–water partition coefficient (Wildman–Crippen LogP) is 3.74. The van der Waals surface area contributed by atoms with E-state index >= 15 is 0 Å². The molecule has 0 aliphatic heterocycles. The fraction of sp³-hybridized carbons (Fsp3) is 0.267. The summed E-state index contributed by atoms with van der Waals surface area (Å²) in [5.41, 5.74) is 0.669. The van der Waals surface area contributed by atoms with Crippen LogP contribution >= 0.6 is 11.6 Å². The second-order valence-electron chi connectivity index (χ2n) is 4.75. The number of benzene rings is 1. The van der Waals surface area contributed by atoms with Crippen molar-refractivity contribution in [3.05, 3.63) is 59.0 Å². The van der Waals surface area contributed by atoms with Crippen LogP contribution in [0.15, 0.2) is 47.1 Å². The molecule has 1 amide bonds. The molecule has 1 saturated carbocycles. The zero-order valence-corrected chi connectivity index (χ0v) is 11.1. The van der Waals surface area contributed by atoms with Crippen LogP contribution in [0.3, 0.4) is 0 Å². The van der Waals surface area contributed by atoms with Crippen molar-refractivity contribution < 1.29 is 9.21 Å². The summed E-state index contributed by atoms with van der Waals surface area (Å²) in [6, 6.07) is 11.1. The van der Waals surface area contributed by atoms with E-state index in [0.29, 0.717) is 23.2 Å². The number of amides is 1. The van der Waals surface area contributed by atoms with E-state index in [4.69, 9.17) is 16.0 Å². The number of hydrogen-bond acceptors (Lipinski definition) is 2. The first-order chi connectivity index (χ1) is 9.24. The molecule has 1 fully saturated rings. The highest BCUT2D eigenvalue weighted by Crippen LogP contribution is 2.30. The third-order valence-electron chi connectivity index (χ3n) is 3.25. The maximum absolute atomic E-state index is 12.5. The van der Waals surface area contributed by atoms with Gasteiger partial charge in [-0.1, -0.05) is 11.6 Å². The molecule has 1 aromatic heterocycles. The van der Waals surface area contributed by atoms with E-state index in [0.717, 1.165) is 18.6 Å². The maximum Gasteiger partial charge on any atom is 0.254 e. The van der Waals surface area contributed by atoms with E-state index < -0.39 is 0 Å². The van der Waals surface area contributed by atoms with Crippen LogP contribution in [0.1, 0.15) is 29.0 Å². The van der Waals surface area contributed by atoms with Crippen LogP contribution in [0.4, 0.5) is 0 Å². The molecule has 3 nitrogen and oxygen atoms in total. The Morgan fingerprint density at radius 3 is 2.58 bits per heavy atom. The number of furan rings is 1. The molecule has 0 spiro atoms. The Bertz CT molecular complexity index is 558. The van der Waals surface area contributed by atoms with E-state index in [2.05, 4.69) is 0 Å². The average molecular weight is 276 g/mol. The minimum Gasteiger partial charge on any atom is -0.467 e. The Kier molecular flexibility index (Phi) is 3.30. The number of carbonyl (C=O) groups is 1. The number of rotatable bonds is 4. The molecular weight excluding hydrogens is 262 g/mol. The molecular formula is C15H14ClNO2. The predicted molar refractivity (Wildman–Crippen MR) is 73.1 cm³/mol. The van der Waals surface area contributed by atoms with Crippen molar-refractivity contribution in [1.82, 2.24) is 4.90 Å². The molecule has 0 radical (unpaired) electrons. The topological polar surface area (TPSA) is 33.5 Å². The summed E-state index contributed by atoms with van der Waals surface area (Å²) in [5.74, 6) is 0.852. The van der Waals surface area contributed by atoms with Crippen molar-refractivity contribution in [2.24, 2.45) is 0 Å². The highest BCUT2D eigenvalue weighted by Gasteiger charge is 2.33. The first-order valence-corrected chi connectivity index (χ1v) is 6.71. The summed E-state index contributed by atoms with van der Waals surface area (Å²) in [6.45, 7) is 0.527. The Hall–Kier alpha value is -1.74. The lowest BCUT2D eigenvalue weighted by Crippen LogP contribution is -2.32. The minimum atomic E-state index is 0.0376. The van der Waals surface area contributed by atoms with Gasteiger partial charge in [0, 0.05) is 16.6 Å². The zero-order valence-electron chi connectivity index (χ0n) is 10.4. The Morgan fingerprint density at radius 1 is 1.26 bits per heavy atom. The van der Waals surface area contributed by atoms with Gasteiger partial charge in [-0.2, -0.15) is 0 Å². The quantitative estimate of drug-likeness (QED) is 0.852. The largest absolute Gasteiger partial charge is 0.467 e. The minimum absolute atomic E-state index is 0.0376. The van der Waals surface area contributed by atoms with Gasteiger partial charge in [0.15, 0.2) is 0 Å². The molecule has 1 heterocycles. The molecule has 3 rings (SSSR count). The van der Waals surface area contributed by atoms with Crippen LogP contribution < -0.4 is 0 Å². The van der Waals surface area contributed by atoms with Gasteiger partial charge >= 0.3 is 0 Å². The highest BCUT2D eigenvalue weighted by molar-refractivity contribution is 6.30. The lowest BCUT2D eigenvalue weighted by Gasteiger charge is -2.21. The van der Waals surface area contributed by atoms with Crippen LogP contribution in [-0.2, 0) is 6.54 Å². The second-order valence-corrected chi connectivity index (χ2v) is 5.19. The molecule has 19 heavy (non-hydrogen) atoms. The van der Waals surface area contributed by atoms with Crippen LogP contribution in [0.2, 0.25) is 5.02 Å². The smallest absolute Gasteiger partial charge is 0.254 e. The van der Waals surface area contributed by atoms with Gasteiger partial charge in [-0.05, 0) is 49.2 Å². The van der Waals surface area contributed by atoms with Gasteiger partial charge in [0.05, 0.1) is 12.8 Å². The molecule has 0 atom stereocenters. The van der Waals surface area contributed by atoms with Crippen molar-refractivity contribution in [1.29, 1.82) is 0 Å². The van der Waals surface area contributed by atoms with Gasteiger partial charge in [-0.25, -0.2) is 0 Å². The fourth-order valence-corrected chi connectivity index (χ4v) is 2.21. The van der Waals surface area contributed by atoms with Crippen LogP contribution in [0.25, 0.3) is 0 Å². The van der Waals surface area contributed by atoms with Crippen molar-refractivity contribution in [2.75, 3.05) is 0 Å². The lowest BCUT2D eigenvalue weighted by molar-refractivity contribution is 0.0717. The second kappa shape index (κ2) is 5.10. The monoisotopic (exact) mass is 275 g/mol. The first-order valence-electron chi connectivity index (χ1n) is 6.33. The van der Waals surface area contributed by atoms with Gasteiger partial charge in [0.1, 0.15) is 5.76 Å². The van der Waals surface area contributed by atoms with Crippen molar-refractivity contribution in [3.8, 4) is 0 Å². The molecule has 98 valence electrons. The van der Waals surface area contributed by atoms with E-state index in [1.165, 1.54) is 0 Å². The van der Waals surface area contributed by atoms with E-state index in [-0.39, 0.29) is 5.91 Å². The highest BCUT2D eigenvalue weighted by atomic mass is 35.5. The average Bonchev–Trinajstić information content (AvgIpc) is 3.13. The lowest BCUT2D eigenvalue weighted by atomic mass is 10.2. The normalized spacial score (nSPS) is 14.4. The fourth-order valence-electron chi connectivity index (χ4n) is 2.08. The van der Waals surface area contributed by atoms with E-state index in [9.17, 15) is 4.79 Å². The molecule has 0 bridgehead atoms. The number of halogens is 1. The summed E-state index contributed by atoms with van der Waals surface area (Å²) < 4.78 is 5.33. The molecule has 4 heteroatoms. The van der Waals surface area contributed by atoms with Crippen molar-refractivity contribution >= 4 is 17.5 Å². The summed E-state index contributed by atoms with van der Waals surface area (Å²) >= 11 is 5.85. The van der Waals surface area contributed by atoms with Gasteiger partial charge in [0.2, 0.25) is 0 Å². The zero-order chi connectivity index (χ0) is 13.2. The molecule has 1 aromatic carbocycles. The molecule has 0 saturated heterocycles. The van der Waals surface area contributed by atoms with Crippen molar-refractivity contribution in [2.45, 2.75) is 25.4 Å². The van der Waals surface area contributed by atoms with Gasteiger partial charge in [-0.15, -0.1) is 0 Å². The number of carbonyl (C=O) groups excluding carboxylic acids is 1. The van der Waals surface area contributed by atoms with E-state index in [1.807, 2.05) is 17.0 Å². The van der Waals surface area contributed by atoms with Gasteiger partial charge in [0.25, 0.3) is 5.91 Å². The number of nitrogens with zero attached hydrogens (tertiary/aromatic N) is 1.